The van der Waals surface area contributed by atoms with Crippen LogP contribution in [0, 0.1) is 0 Å². The molecule has 1 N–H and O–H groups in total. The van der Waals surface area contributed by atoms with Crippen LogP contribution in [0.1, 0.15) is 6.42 Å². The van der Waals surface area contributed by atoms with Crippen LogP contribution in [-0.4, -0.2) is 41.7 Å². The van der Waals surface area contributed by atoms with Gasteiger partial charge in [-0.3, -0.25) is 9.59 Å². The van der Waals surface area contributed by atoms with Crippen molar-refractivity contribution in [2.75, 3.05) is 11.5 Å². The summed E-state index contributed by atoms with van der Waals surface area (Å²) >= 11 is 1.49. The van der Waals surface area contributed by atoms with Gasteiger partial charge in [0.2, 0.25) is 5.91 Å². The van der Waals surface area contributed by atoms with Gasteiger partial charge < -0.3 is 5.32 Å². The third-order valence-electron chi connectivity index (χ3n) is 3.53. The van der Waals surface area contributed by atoms with Gasteiger partial charge in [0.25, 0.3) is 5.56 Å². The molecular weight excluding hydrogens is 338 g/mol. The Labute approximate surface area is 136 Å². The standard InChI is InChI=1S/C14H15N3O4S2/c18-13(15-10-5-7-23(20,21)9-10)8-17-14(19)4-3-11(16-17)12-2-1-6-22-12/h1-4,6,10H,5,7-9H2,(H,15,18). The van der Waals surface area contributed by atoms with Crippen molar-refractivity contribution >= 4 is 27.1 Å². The Bertz CT molecular complexity index is 872. The minimum Gasteiger partial charge on any atom is -0.351 e. The molecule has 1 saturated heterocycles. The second-order valence-corrected chi connectivity index (χ2v) is 8.54. The van der Waals surface area contributed by atoms with Gasteiger partial charge in [0.05, 0.1) is 16.4 Å². The third kappa shape index (κ3) is 3.85. The Balaban J connectivity index is 1.71. The second kappa shape index (κ2) is 6.25. The highest BCUT2D eigenvalue weighted by molar-refractivity contribution is 7.91. The maximum atomic E-state index is 12.0. The Morgan fingerprint density at radius 1 is 1.39 bits per heavy atom. The molecule has 9 heteroatoms. The number of nitrogens with one attached hydrogen (secondary N) is 1. The molecule has 2 aromatic heterocycles. The van der Waals surface area contributed by atoms with Crippen molar-refractivity contribution < 1.29 is 13.2 Å². The highest BCUT2D eigenvalue weighted by atomic mass is 32.2. The first kappa shape index (κ1) is 15.9. The van der Waals surface area contributed by atoms with Gasteiger partial charge >= 0.3 is 0 Å². The molecule has 0 aliphatic carbocycles. The van der Waals surface area contributed by atoms with E-state index in [1.807, 2.05) is 17.5 Å². The highest BCUT2D eigenvalue weighted by Gasteiger charge is 2.28. The number of rotatable bonds is 4. The number of carbonyl (C=O) groups is 1. The van der Waals surface area contributed by atoms with Crippen LogP contribution in [0.15, 0.2) is 34.4 Å². The maximum Gasteiger partial charge on any atom is 0.267 e. The van der Waals surface area contributed by atoms with Crippen LogP contribution < -0.4 is 10.9 Å². The van der Waals surface area contributed by atoms with E-state index in [0.717, 1.165) is 9.56 Å². The van der Waals surface area contributed by atoms with Gasteiger partial charge in [-0.25, -0.2) is 13.1 Å². The summed E-state index contributed by atoms with van der Waals surface area (Å²) in [7, 11) is -3.06. The van der Waals surface area contributed by atoms with Crippen molar-refractivity contribution in [1.82, 2.24) is 15.1 Å². The lowest BCUT2D eigenvalue weighted by molar-refractivity contribution is -0.122. The van der Waals surface area contributed by atoms with Crippen LogP contribution in [-0.2, 0) is 21.2 Å². The zero-order valence-corrected chi connectivity index (χ0v) is 13.8. The molecule has 3 rings (SSSR count). The highest BCUT2D eigenvalue weighted by Crippen LogP contribution is 2.21. The van der Waals surface area contributed by atoms with Crippen molar-refractivity contribution in [3.05, 3.63) is 40.0 Å². The molecule has 0 radical (unpaired) electrons. The molecule has 23 heavy (non-hydrogen) atoms. The number of aromatic nitrogens is 2. The lowest BCUT2D eigenvalue weighted by atomic mass is 10.2. The predicted molar refractivity (Wildman–Crippen MR) is 87.0 cm³/mol. The van der Waals surface area contributed by atoms with Crippen LogP contribution in [0.2, 0.25) is 0 Å². The molecule has 122 valence electrons. The van der Waals surface area contributed by atoms with Gasteiger partial charge in [0.15, 0.2) is 9.84 Å². The summed E-state index contributed by atoms with van der Waals surface area (Å²) in [6.45, 7) is -0.228. The molecular formula is C14H15N3O4S2. The van der Waals surface area contributed by atoms with Gasteiger partial charge in [-0.15, -0.1) is 11.3 Å². The van der Waals surface area contributed by atoms with Crippen LogP contribution in [0.3, 0.4) is 0 Å². The number of sulfone groups is 1. The average Bonchev–Trinajstić information content (AvgIpc) is 3.11. The van der Waals surface area contributed by atoms with E-state index < -0.39 is 15.7 Å². The van der Waals surface area contributed by atoms with Crippen molar-refractivity contribution in [3.63, 3.8) is 0 Å². The third-order valence-corrected chi connectivity index (χ3v) is 6.19. The number of thiophene rings is 1. The molecule has 1 aliphatic rings. The fourth-order valence-electron chi connectivity index (χ4n) is 2.44. The van der Waals surface area contributed by atoms with Crippen molar-refractivity contribution in [2.24, 2.45) is 0 Å². The summed E-state index contributed by atoms with van der Waals surface area (Å²) in [5.41, 5.74) is 0.246. The number of hydrogen-bond donors (Lipinski definition) is 1. The van der Waals surface area contributed by atoms with Crippen LogP contribution in [0.5, 0.6) is 0 Å². The van der Waals surface area contributed by atoms with Crippen molar-refractivity contribution in [3.8, 4) is 10.6 Å². The molecule has 1 fully saturated rings. The molecule has 1 unspecified atom stereocenters. The zero-order valence-electron chi connectivity index (χ0n) is 12.1. The van der Waals surface area contributed by atoms with Gasteiger partial charge in [-0.2, -0.15) is 5.10 Å². The summed E-state index contributed by atoms with van der Waals surface area (Å²) in [6, 6.07) is 6.36. The fourth-order valence-corrected chi connectivity index (χ4v) is 4.80. The van der Waals surface area contributed by atoms with Gasteiger partial charge in [0, 0.05) is 12.1 Å². The van der Waals surface area contributed by atoms with E-state index in [2.05, 4.69) is 10.4 Å². The van der Waals surface area contributed by atoms with E-state index in [0.29, 0.717) is 12.1 Å². The summed E-state index contributed by atoms with van der Waals surface area (Å²) < 4.78 is 23.9. The van der Waals surface area contributed by atoms with Crippen LogP contribution in [0.4, 0.5) is 0 Å². The summed E-state index contributed by atoms with van der Waals surface area (Å²) in [5.74, 6) is -0.370. The molecule has 0 spiro atoms. The molecule has 1 aliphatic heterocycles. The van der Waals surface area contributed by atoms with E-state index in [-0.39, 0.29) is 29.7 Å². The Kier molecular flexibility index (Phi) is 4.31. The number of nitrogens with zero attached hydrogens (tertiary/aromatic N) is 2. The van der Waals surface area contributed by atoms with E-state index in [1.54, 1.807) is 6.07 Å². The first-order valence-electron chi connectivity index (χ1n) is 7.05. The predicted octanol–water partition coefficient (Wildman–Crippen LogP) is 0.275. The zero-order chi connectivity index (χ0) is 16.4. The smallest absolute Gasteiger partial charge is 0.267 e. The van der Waals surface area contributed by atoms with Gasteiger partial charge in [-0.05, 0) is 23.9 Å². The SMILES string of the molecule is O=C(Cn1nc(-c2cccs2)ccc1=O)NC1CCS(=O)(=O)C1. The van der Waals surface area contributed by atoms with Crippen LogP contribution >= 0.6 is 11.3 Å². The lowest BCUT2D eigenvalue weighted by Crippen LogP contribution is -2.40. The second-order valence-electron chi connectivity index (χ2n) is 5.36. The fraction of sp³-hybridized carbons (Fsp3) is 0.357. The average molecular weight is 353 g/mol. The van der Waals surface area contributed by atoms with E-state index in [4.69, 9.17) is 0 Å². The Morgan fingerprint density at radius 3 is 2.87 bits per heavy atom. The first-order valence-corrected chi connectivity index (χ1v) is 9.75. The molecule has 1 amide bonds. The normalized spacial score (nSPS) is 19.6. The topological polar surface area (TPSA) is 98.1 Å². The molecule has 0 aromatic carbocycles. The Hall–Kier alpha value is -2.00. The van der Waals surface area contributed by atoms with Gasteiger partial charge in [-0.1, -0.05) is 6.07 Å². The largest absolute Gasteiger partial charge is 0.351 e. The number of amides is 1. The van der Waals surface area contributed by atoms with E-state index in [1.165, 1.54) is 17.4 Å². The molecule has 2 aromatic rings. The molecule has 0 bridgehead atoms. The van der Waals surface area contributed by atoms with Gasteiger partial charge in [0.1, 0.15) is 12.2 Å². The van der Waals surface area contributed by atoms with E-state index >= 15 is 0 Å². The number of hydrogen-bond acceptors (Lipinski definition) is 6. The quantitative estimate of drug-likeness (QED) is 0.851. The lowest BCUT2D eigenvalue weighted by Gasteiger charge is -2.11. The van der Waals surface area contributed by atoms with Crippen molar-refractivity contribution in [1.29, 1.82) is 0 Å². The monoisotopic (exact) mass is 353 g/mol. The molecule has 1 atom stereocenters. The molecule has 7 nitrogen and oxygen atoms in total. The van der Waals surface area contributed by atoms with E-state index in [9.17, 15) is 18.0 Å². The minimum absolute atomic E-state index is 0.0453. The minimum atomic E-state index is -3.06. The maximum absolute atomic E-state index is 12.0. The molecule has 0 saturated carbocycles. The Morgan fingerprint density at radius 2 is 2.22 bits per heavy atom. The molecule has 3 heterocycles. The van der Waals surface area contributed by atoms with Crippen molar-refractivity contribution in [2.45, 2.75) is 19.0 Å². The summed E-state index contributed by atoms with van der Waals surface area (Å²) in [4.78, 5) is 24.8. The summed E-state index contributed by atoms with van der Waals surface area (Å²) in [6.07, 6.45) is 0.408. The summed E-state index contributed by atoms with van der Waals surface area (Å²) in [5, 5.41) is 8.75. The van der Waals surface area contributed by atoms with Crippen LogP contribution in [0.25, 0.3) is 10.6 Å². The first-order chi connectivity index (χ1) is 10.9. The number of carbonyl (C=O) groups excluding carboxylic acids is 1.